The smallest absolute Gasteiger partial charge is 0.233 e. The molecule has 0 bridgehead atoms. The Bertz CT molecular complexity index is 776. The number of rotatable bonds is 1. The molecule has 0 atom stereocenters. The standard InChI is InChI=1S/C18H21ClF3N3/c19-17-13-4-2-1-3-5-14(13)23-16-10-15(24-25(16)17)11-6-8-12(9-7-11)18(20,21)22/h10-12H,1-9H2. The van der Waals surface area contributed by atoms with Crippen molar-refractivity contribution in [2.24, 2.45) is 5.92 Å². The molecule has 0 aromatic carbocycles. The van der Waals surface area contributed by atoms with Crippen LogP contribution in [0.15, 0.2) is 6.07 Å². The molecule has 25 heavy (non-hydrogen) atoms. The minimum atomic E-state index is -4.08. The fourth-order valence-corrected chi connectivity index (χ4v) is 4.53. The van der Waals surface area contributed by atoms with E-state index in [1.165, 1.54) is 6.42 Å². The van der Waals surface area contributed by atoms with E-state index in [9.17, 15) is 13.2 Å². The predicted octanol–water partition coefficient (Wildman–Crippen LogP) is 5.49. The third kappa shape index (κ3) is 3.25. The summed E-state index contributed by atoms with van der Waals surface area (Å²) in [5, 5.41) is 5.23. The summed E-state index contributed by atoms with van der Waals surface area (Å²) in [6.07, 6.45) is 2.58. The van der Waals surface area contributed by atoms with Gasteiger partial charge in [-0.2, -0.15) is 18.3 Å². The molecule has 3 nitrogen and oxygen atoms in total. The number of hydrogen-bond acceptors (Lipinski definition) is 2. The van der Waals surface area contributed by atoms with E-state index in [4.69, 9.17) is 16.6 Å². The third-order valence-electron chi connectivity index (χ3n) is 5.69. The van der Waals surface area contributed by atoms with Crippen LogP contribution in [0.5, 0.6) is 0 Å². The molecule has 0 spiro atoms. The summed E-state index contributed by atoms with van der Waals surface area (Å²) in [7, 11) is 0. The van der Waals surface area contributed by atoms with Crippen molar-refractivity contribution in [3.63, 3.8) is 0 Å². The van der Waals surface area contributed by atoms with E-state index in [1.807, 2.05) is 6.07 Å². The minimum Gasteiger partial charge on any atom is -0.233 e. The van der Waals surface area contributed by atoms with Gasteiger partial charge in [0.1, 0.15) is 5.15 Å². The van der Waals surface area contributed by atoms with Gasteiger partial charge in [-0.15, -0.1) is 0 Å². The Morgan fingerprint density at radius 2 is 1.76 bits per heavy atom. The van der Waals surface area contributed by atoms with Crippen molar-refractivity contribution in [3.8, 4) is 0 Å². The average molecular weight is 372 g/mol. The van der Waals surface area contributed by atoms with Crippen LogP contribution in [0.4, 0.5) is 13.2 Å². The van der Waals surface area contributed by atoms with Crippen LogP contribution in [0.1, 0.15) is 67.8 Å². The molecule has 0 amide bonds. The largest absolute Gasteiger partial charge is 0.391 e. The SMILES string of the molecule is FC(F)(F)C1CCC(c2cc3nc4c(c(Cl)n3n2)CCCCC4)CC1. The summed E-state index contributed by atoms with van der Waals surface area (Å²) in [6, 6.07) is 1.91. The molecule has 4 rings (SSSR count). The van der Waals surface area contributed by atoms with Crippen LogP contribution < -0.4 is 0 Å². The zero-order valence-corrected chi connectivity index (χ0v) is 14.7. The molecular formula is C18H21ClF3N3. The lowest BCUT2D eigenvalue weighted by molar-refractivity contribution is -0.182. The molecule has 2 aliphatic carbocycles. The lowest BCUT2D eigenvalue weighted by Gasteiger charge is -2.28. The molecule has 1 saturated carbocycles. The van der Waals surface area contributed by atoms with Gasteiger partial charge in [0, 0.05) is 23.2 Å². The molecule has 0 N–H and O–H groups in total. The Morgan fingerprint density at radius 3 is 2.48 bits per heavy atom. The Kier molecular flexibility index (Phi) is 4.42. The molecule has 1 fully saturated rings. The van der Waals surface area contributed by atoms with Crippen molar-refractivity contribution in [2.45, 2.75) is 69.9 Å². The van der Waals surface area contributed by atoms with Gasteiger partial charge in [-0.1, -0.05) is 18.0 Å². The van der Waals surface area contributed by atoms with Gasteiger partial charge < -0.3 is 0 Å². The van der Waals surface area contributed by atoms with E-state index in [0.717, 1.165) is 48.3 Å². The number of nitrogens with zero attached hydrogens (tertiary/aromatic N) is 3. The first kappa shape index (κ1) is 17.1. The van der Waals surface area contributed by atoms with E-state index < -0.39 is 12.1 Å². The van der Waals surface area contributed by atoms with Crippen LogP contribution in [0.2, 0.25) is 5.15 Å². The highest BCUT2D eigenvalue weighted by Crippen LogP contribution is 2.42. The maximum atomic E-state index is 12.8. The Labute approximate surface area is 149 Å². The van der Waals surface area contributed by atoms with Gasteiger partial charge in [0.25, 0.3) is 0 Å². The number of hydrogen-bond donors (Lipinski definition) is 0. The van der Waals surface area contributed by atoms with Gasteiger partial charge in [0.15, 0.2) is 5.65 Å². The Hall–Kier alpha value is -1.30. The summed E-state index contributed by atoms with van der Waals surface area (Å²) in [6.45, 7) is 0. The van der Waals surface area contributed by atoms with Gasteiger partial charge in [-0.25, -0.2) is 9.50 Å². The second-order valence-corrected chi connectivity index (χ2v) is 7.68. The molecule has 0 saturated heterocycles. The first-order chi connectivity index (χ1) is 11.9. The van der Waals surface area contributed by atoms with Crippen molar-refractivity contribution >= 4 is 17.2 Å². The molecule has 2 aromatic heterocycles. The van der Waals surface area contributed by atoms with E-state index >= 15 is 0 Å². The highest BCUT2D eigenvalue weighted by atomic mass is 35.5. The van der Waals surface area contributed by atoms with Crippen molar-refractivity contribution in [1.82, 2.24) is 14.6 Å². The van der Waals surface area contributed by atoms with E-state index in [1.54, 1.807) is 4.52 Å². The molecule has 136 valence electrons. The van der Waals surface area contributed by atoms with Crippen LogP contribution in [-0.4, -0.2) is 20.8 Å². The second-order valence-electron chi connectivity index (χ2n) is 7.32. The average Bonchev–Trinajstić information content (AvgIpc) is 2.86. The van der Waals surface area contributed by atoms with Gasteiger partial charge in [0.05, 0.1) is 11.6 Å². The molecule has 2 aliphatic rings. The Balaban J connectivity index is 1.61. The van der Waals surface area contributed by atoms with Gasteiger partial charge in [-0.05, 0) is 51.4 Å². The fraction of sp³-hybridized carbons (Fsp3) is 0.667. The predicted molar refractivity (Wildman–Crippen MR) is 90.0 cm³/mol. The zero-order chi connectivity index (χ0) is 17.6. The van der Waals surface area contributed by atoms with E-state index in [0.29, 0.717) is 18.0 Å². The molecule has 7 heteroatoms. The monoisotopic (exact) mass is 371 g/mol. The lowest BCUT2D eigenvalue weighted by Crippen LogP contribution is -2.27. The molecule has 0 radical (unpaired) electrons. The summed E-state index contributed by atoms with van der Waals surface area (Å²) in [5.41, 5.74) is 3.69. The molecular weight excluding hydrogens is 351 g/mol. The van der Waals surface area contributed by atoms with Crippen molar-refractivity contribution in [1.29, 1.82) is 0 Å². The lowest BCUT2D eigenvalue weighted by atomic mass is 9.80. The van der Waals surface area contributed by atoms with Crippen LogP contribution in [0.25, 0.3) is 5.65 Å². The maximum absolute atomic E-state index is 12.8. The fourth-order valence-electron chi connectivity index (χ4n) is 4.21. The topological polar surface area (TPSA) is 30.2 Å². The molecule has 2 aromatic rings. The third-order valence-corrected chi connectivity index (χ3v) is 6.08. The highest BCUT2D eigenvalue weighted by molar-refractivity contribution is 6.30. The van der Waals surface area contributed by atoms with Crippen LogP contribution in [-0.2, 0) is 12.8 Å². The Morgan fingerprint density at radius 1 is 1.04 bits per heavy atom. The maximum Gasteiger partial charge on any atom is 0.391 e. The second kappa shape index (κ2) is 6.45. The summed E-state index contributed by atoms with van der Waals surface area (Å²) < 4.78 is 40.2. The van der Waals surface area contributed by atoms with E-state index in [2.05, 4.69) is 5.10 Å². The number of aryl methyl sites for hydroxylation is 1. The minimum absolute atomic E-state index is 0.0659. The summed E-state index contributed by atoms with van der Waals surface area (Å²) in [4.78, 5) is 4.74. The molecule has 2 heterocycles. The highest BCUT2D eigenvalue weighted by Gasteiger charge is 2.42. The van der Waals surface area contributed by atoms with Crippen molar-refractivity contribution in [3.05, 3.63) is 28.2 Å². The number of fused-ring (bicyclic) bond motifs is 2. The number of aromatic nitrogens is 3. The van der Waals surface area contributed by atoms with Crippen molar-refractivity contribution < 1.29 is 13.2 Å². The summed E-state index contributed by atoms with van der Waals surface area (Å²) >= 11 is 6.58. The normalized spacial score (nSPS) is 25.0. The van der Waals surface area contributed by atoms with Crippen molar-refractivity contribution in [2.75, 3.05) is 0 Å². The molecule has 0 unspecified atom stereocenters. The first-order valence-corrected chi connectivity index (χ1v) is 9.45. The van der Waals surface area contributed by atoms with Crippen LogP contribution >= 0.6 is 11.6 Å². The number of halogens is 4. The van der Waals surface area contributed by atoms with Gasteiger partial charge >= 0.3 is 6.18 Å². The summed E-state index contributed by atoms with van der Waals surface area (Å²) in [5.74, 6) is -1.10. The number of alkyl halides is 3. The van der Waals surface area contributed by atoms with Gasteiger partial charge in [-0.3, -0.25) is 0 Å². The van der Waals surface area contributed by atoms with Crippen LogP contribution in [0, 0.1) is 5.92 Å². The molecule has 0 aliphatic heterocycles. The zero-order valence-electron chi connectivity index (χ0n) is 13.9. The van der Waals surface area contributed by atoms with Crippen LogP contribution in [0.3, 0.4) is 0 Å². The quantitative estimate of drug-likeness (QED) is 0.490. The van der Waals surface area contributed by atoms with Gasteiger partial charge in [0.2, 0.25) is 0 Å². The van der Waals surface area contributed by atoms with E-state index in [-0.39, 0.29) is 18.8 Å². The first-order valence-electron chi connectivity index (χ1n) is 9.07.